The van der Waals surface area contributed by atoms with Crippen molar-refractivity contribution < 1.29 is 9.59 Å². The maximum Gasteiger partial charge on any atom is 0.269 e. The molecule has 0 aliphatic carbocycles. The predicted octanol–water partition coefficient (Wildman–Crippen LogP) is 3.21. The number of ketones is 1. The van der Waals surface area contributed by atoms with Crippen LogP contribution in [0.15, 0.2) is 36.5 Å². The van der Waals surface area contributed by atoms with E-state index in [1.807, 2.05) is 25.3 Å². The molecule has 1 amide bonds. The van der Waals surface area contributed by atoms with E-state index in [0.29, 0.717) is 23.6 Å². The quantitative estimate of drug-likeness (QED) is 0.580. The molecule has 1 atom stereocenters. The summed E-state index contributed by atoms with van der Waals surface area (Å²) in [5.41, 5.74) is 2.40. The Labute approximate surface area is 172 Å². The van der Waals surface area contributed by atoms with E-state index >= 15 is 0 Å². The highest BCUT2D eigenvalue weighted by atomic mass is 35.5. The number of amides is 1. The zero-order chi connectivity index (χ0) is 21.0. The molecule has 0 fully saturated rings. The summed E-state index contributed by atoms with van der Waals surface area (Å²) in [5, 5.41) is 23.2. The molecule has 2 N–H and O–H groups in total. The zero-order valence-corrected chi connectivity index (χ0v) is 16.7. The maximum absolute atomic E-state index is 12.4. The van der Waals surface area contributed by atoms with Crippen molar-refractivity contribution in [1.82, 2.24) is 25.3 Å². The molecule has 0 aliphatic heterocycles. The van der Waals surface area contributed by atoms with Crippen LogP contribution in [-0.2, 0) is 6.54 Å². The topological polar surface area (TPSA) is 116 Å². The monoisotopic (exact) mass is 410 g/mol. The Bertz CT molecular complexity index is 1090. The summed E-state index contributed by atoms with van der Waals surface area (Å²) in [5.74, 6) is -0.539. The summed E-state index contributed by atoms with van der Waals surface area (Å²) in [7, 11) is 0. The predicted molar refractivity (Wildman–Crippen MR) is 108 cm³/mol. The standard InChI is InChI=1S/C20H19ClN6O2/c1-3-15(23-20(29)19-9-18(12(2)28)24-25-19)11-27-7-6-17(26-27)13-4-5-14(10-22)16(21)8-13/h4-9,15H,3,11H2,1-2H3,(H,23,29)(H,24,25)/t15-/m0/s1. The zero-order valence-electron chi connectivity index (χ0n) is 15.9. The lowest BCUT2D eigenvalue weighted by molar-refractivity contribution is 0.0925. The van der Waals surface area contributed by atoms with Gasteiger partial charge >= 0.3 is 0 Å². The van der Waals surface area contributed by atoms with Gasteiger partial charge in [0.15, 0.2) is 5.78 Å². The second-order valence-corrected chi connectivity index (χ2v) is 6.94. The van der Waals surface area contributed by atoms with Crippen LogP contribution in [0.3, 0.4) is 0 Å². The van der Waals surface area contributed by atoms with Crippen LogP contribution in [0.1, 0.15) is 46.8 Å². The van der Waals surface area contributed by atoms with Gasteiger partial charge < -0.3 is 5.32 Å². The molecule has 0 bridgehead atoms. The first-order chi connectivity index (χ1) is 13.9. The van der Waals surface area contributed by atoms with Crippen LogP contribution in [0.25, 0.3) is 11.3 Å². The van der Waals surface area contributed by atoms with Crippen LogP contribution in [0.2, 0.25) is 5.02 Å². The molecule has 0 spiro atoms. The van der Waals surface area contributed by atoms with E-state index in [0.717, 1.165) is 11.3 Å². The van der Waals surface area contributed by atoms with E-state index < -0.39 is 0 Å². The number of nitrogens with one attached hydrogen (secondary N) is 2. The first-order valence-electron chi connectivity index (χ1n) is 9.02. The number of hydrogen-bond acceptors (Lipinski definition) is 5. The normalized spacial score (nSPS) is 11.7. The third-order valence-corrected chi connectivity index (χ3v) is 4.76. The molecule has 0 saturated carbocycles. The first-order valence-corrected chi connectivity index (χ1v) is 9.39. The summed E-state index contributed by atoms with van der Waals surface area (Å²) in [6, 6.07) is 10.3. The fourth-order valence-corrected chi connectivity index (χ4v) is 2.99. The summed E-state index contributed by atoms with van der Waals surface area (Å²) < 4.78 is 1.74. The largest absolute Gasteiger partial charge is 0.346 e. The van der Waals surface area contributed by atoms with Gasteiger partial charge in [0.1, 0.15) is 17.5 Å². The van der Waals surface area contributed by atoms with E-state index in [4.69, 9.17) is 16.9 Å². The van der Waals surface area contributed by atoms with E-state index in [1.165, 1.54) is 13.0 Å². The third kappa shape index (κ3) is 4.70. The minimum absolute atomic E-state index is 0.163. The van der Waals surface area contributed by atoms with Crippen LogP contribution in [0.5, 0.6) is 0 Å². The molecule has 2 heterocycles. The molecule has 3 aromatic rings. The fourth-order valence-electron chi connectivity index (χ4n) is 2.77. The van der Waals surface area contributed by atoms with Gasteiger partial charge in [0.2, 0.25) is 0 Å². The van der Waals surface area contributed by atoms with E-state index in [2.05, 4.69) is 20.6 Å². The summed E-state index contributed by atoms with van der Waals surface area (Å²) in [6.45, 7) is 3.83. The molecule has 3 rings (SSSR count). The number of rotatable bonds is 7. The Morgan fingerprint density at radius 1 is 1.34 bits per heavy atom. The highest BCUT2D eigenvalue weighted by Gasteiger charge is 2.17. The Morgan fingerprint density at radius 2 is 2.14 bits per heavy atom. The molecule has 0 radical (unpaired) electrons. The number of hydrogen-bond donors (Lipinski definition) is 2. The molecule has 0 aliphatic rings. The van der Waals surface area contributed by atoms with Crippen molar-refractivity contribution in [1.29, 1.82) is 5.26 Å². The van der Waals surface area contributed by atoms with Gasteiger partial charge in [-0.05, 0) is 30.7 Å². The number of nitriles is 1. The number of nitrogens with zero attached hydrogens (tertiary/aromatic N) is 4. The van der Waals surface area contributed by atoms with Gasteiger partial charge in [-0.15, -0.1) is 0 Å². The van der Waals surface area contributed by atoms with Gasteiger partial charge in [-0.2, -0.15) is 15.5 Å². The van der Waals surface area contributed by atoms with Gasteiger partial charge in [0.05, 0.1) is 22.8 Å². The maximum atomic E-state index is 12.4. The number of Topliss-reactive ketones (excluding diaryl/α,β-unsaturated/α-hetero) is 1. The summed E-state index contributed by atoms with van der Waals surface area (Å²) in [6.07, 6.45) is 2.51. The van der Waals surface area contributed by atoms with Crippen LogP contribution in [0.4, 0.5) is 0 Å². The van der Waals surface area contributed by atoms with Crippen LogP contribution in [0, 0.1) is 11.3 Å². The molecule has 8 nitrogen and oxygen atoms in total. The Hall–Kier alpha value is -3.44. The Kier molecular flexibility index (Phi) is 6.10. The fraction of sp³-hybridized carbons (Fsp3) is 0.250. The molecule has 9 heteroatoms. The second kappa shape index (κ2) is 8.71. The average Bonchev–Trinajstić information content (AvgIpc) is 3.37. The lowest BCUT2D eigenvalue weighted by atomic mass is 10.1. The molecule has 1 aromatic carbocycles. The number of H-pyrrole nitrogens is 1. The van der Waals surface area contributed by atoms with Gasteiger partial charge in [-0.3, -0.25) is 19.4 Å². The molecule has 0 unspecified atom stereocenters. The lowest BCUT2D eigenvalue weighted by Crippen LogP contribution is -2.37. The molecule has 29 heavy (non-hydrogen) atoms. The molecule has 0 saturated heterocycles. The van der Waals surface area contributed by atoms with Crippen LogP contribution < -0.4 is 5.32 Å². The molecule has 2 aromatic heterocycles. The summed E-state index contributed by atoms with van der Waals surface area (Å²) in [4.78, 5) is 23.7. The first kappa shape index (κ1) is 20.3. The van der Waals surface area contributed by atoms with Gasteiger partial charge in [0.25, 0.3) is 5.91 Å². The SMILES string of the molecule is CC[C@@H](Cn1ccc(-c2ccc(C#N)c(Cl)c2)n1)NC(=O)c1cc(C(C)=O)n[nH]1. The smallest absolute Gasteiger partial charge is 0.269 e. The number of halogens is 1. The molecular weight excluding hydrogens is 392 g/mol. The van der Waals surface area contributed by atoms with Crippen LogP contribution in [-0.4, -0.2) is 37.7 Å². The highest BCUT2D eigenvalue weighted by molar-refractivity contribution is 6.32. The average molecular weight is 411 g/mol. The van der Waals surface area contributed by atoms with Gasteiger partial charge in [-0.25, -0.2) is 0 Å². The third-order valence-electron chi connectivity index (χ3n) is 4.44. The lowest BCUT2D eigenvalue weighted by Gasteiger charge is -2.16. The minimum Gasteiger partial charge on any atom is -0.346 e. The van der Waals surface area contributed by atoms with Crippen molar-refractivity contribution in [2.45, 2.75) is 32.9 Å². The number of carbonyl (C=O) groups is 2. The van der Waals surface area contributed by atoms with Crippen molar-refractivity contribution in [3.05, 3.63) is 58.5 Å². The number of aromatic nitrogens is 4. The second-order valence-electron chi connectivity index (χ2n) is 6.53. The van der Waals surface area contributed by atoms with Crippen molar-refractivity contribution in [2.24, 2.45) is 0 Å². The number of benzene rings is 1. The van der Waals surface area contributed by atoms with E-state index in [1.54, 1.807) is 22.9 Å². The summed E-state index contributed by atoms with van der Waals surface area (Å²) >= 11 is 6.10. The number of carbonyl (C=O) groups excluding carboxylic acids is 2. The van der Waals surface area contributed by atoms with Gasteiger partial charge in [-0.1, -0.05) is 24.6 Å². The van der Waals surface area contributed by atoms with Crippen LogP contribution >= 0.6 is 11.6 Å². The van der Waals surface area contributed by atoms with Crippen molar-refractivity contribution in [3.8, 4) is 17.3 Å². The minimum atomic E-state index is -0.330. The van der Waals surface area contributed by atoms with Crippen molar-refractivity contribution in [3.63, 3.8) is 0 Å². The Balaban J connectivity index is 1.68. The van der Waals surface area contributed by atoms with E-state index in [9.17, 15) is 9.59 Å². The van der Waals surface area contributed by atoms with Gasteiger partial charge in [0, 0.05) is 24.7 Å². The van der Waals surface area contributed by atoms with Crippen molar-refractivity contribution in [2.75, 3.05) is 0 Å². The van der Waals surface area contributed by atoms with E-state index in [-0.39, 0.29) is 29.1 Å². The number of aromatic amines is 1. The Morgan fingerprint density at radius 3 is 2.76 bits per heavy atom. The van der Waals surface area contributed by atoms with Crippen molar-refractivity contribution >= 4 is 23.3 Å². The highest BCUT2D eigenvalue weighted by Crippen LogP contribution is 2.24. The molecule has 148 valence electrons. The molecular formula is C20H19ClN6O2.